The molecule has 0 aliphatic carbocycles. The summed E-state index contributed by atoms with van der Waals surface area (Å²) >= 11 is 0. The number of ketones is 2. The summed E-state index contributed by atoms with van der Waals surface area (Å²) < 4.78 is 0. The lowest BCUT2D eigenvalue weighted by atomic mass is 10.2. The number of allylic oxidation sites excluding steroid dienone is 2. The third-order valence-corrected chi connectivity index (χ3v) is 1.31. The fourth-order valence-electron chi connectivity index (χ4n) is 0.909. The molecule has 4 heteroatoms. The average Bonchev–Trinajstić information content (AvgIpc) is 2.03. The first-order chi connectivity index (χ1) is 6.93. The highest BCUT2D eigenvalue weighted by atomic mass is 16.6. The molecule has 0 saturated carbocycles. The van der Waals surface area contributed by atoms with Gasteiger partial charge in [-0.2, -0.15) is 5.48 Å². The Morgan fingerprint density at radius 2 is 1.93 bits per heavy atom. The summed E-state index contributed by atoms with van der Waals surface area (Å²) in [6.45, 7) is 6.81. The second-order valence-corrected chi connectivity index (χ2v) is 3.24. The Morgan fingerprint density at radius 3 is 2.13 bits per heavy atom. The molecule has 1 atom stereocenters. The van der Waals surface area contributed by atoms with Crippen LogP contribution in [0.5, 0.6) is 0 Å². The fraction of sp³-hybridized carbons (Fsp3) is 0.636. The number of rotatable bonds is 5. The van der Waals surface area contributed by atoms with Crippen LogP contribution in [0.15, 0.2) is 12.2 Å². The second kappa shape index (κ2) is 11.1. The van der Waals surface area contributed by atoms with Crippen molar-refractivity contribution in [3.05, 3.63) is 12.2 Å². The second-order valence-electron chi connectivity index (χ2n) is 3.24. The monoisotopic (exact) mass is 215 g/mol. The summed E-state index contributed by atoms with van der Waals surface area (Å²) in [6, 6.07) is 0.118. The van der Waals surface area contributed by atoms with Crippen molar-refractivity contribution in [3.8, 4) is 0 Å². The molecular formula is C11H21NO3. The number of carbonyl (C=O) groups excluding carboxylic acids is 2. The number of Topliss-reactive ketones (excluding diaryl/α,β-unsaturated/α-hetero) is 1. The summed E-state index contributed by atoms with van der Waals surface area (Å²) in [5.41, 5.74) is 2.66. The maximum atomic E-state index is 10.4. The number of hydrogen-bond donors (Lipinski definition) is 1. The third kappa shape index (κ3) is 19.4. The van der Waals surface area contributed by atoms with E-state index in [1.54, 1.807) is 13.0 Å². The Balaban J connectivity index is 0. The van der Waals surface area contributed by atoms with Crippen LogP contribution >= 0.6 is 0 Å². The van der Waals surface area contributed by atoms with E-state index < -0.39 is 0 Å². The van der Waals surface area contributed by atoms with E-state index in [1.807, 2.05) is 13.8 Å². The van der Waals surface area contributed by atoms with Crippen molar-refractivity contribution in [2.45, 2.75) is 40.2 Å². The summed E-state index contributed by atoms with van der Waals surface area (Å²) in [7, 11) is 1.54. The van der Waals surface area contributed by atoms with Gasteiger partial charge in [-0.1, -0.05) is 6.08 Å². The third-order valence-electron chi connectivity index (χ3n) is 1.31. The minimum Gasteiger partial charge on any atom is -0.305 e. The SMILES string of the molecule is C/C=C/C(C)=O.CONC(C)CC(C)=O. The van der Waals surface area contributed by atoms with Crippen molar-refractivity contribution in [2.24, 2.45) is 0 Å². The minimum absolute atomic E-state index is 0.109. The summed E-state index contributed by atoms with van der Waals surface area (Å²) in [6.07, 6.45) is 3.77. The topological polar surface area (TPSA) is 55.4 Å². The Labute approximate surface area is 91.6 Å². The van der Waals surface area contributed by atoms with Crippen LogP contribution in [0, 0.1) is 0 Å². The first kappa shape index (κ1) is 16.4. The Kier molecular flexibility index (Phi) is 12.1. The summed E-state index contributed by atoms with van der Waals surface area (Å²) in [5, 5.41) is 0. The first-order valence-corrected chi connectivity index (χ1v) is 4.85. The van der Waals surface area contributed by atoms with Gasteiger partial charge in [-0.15, -0.1) is 0 Å². The number of nitrogens with one attached hydrogen (secondary N) is 1. The number of hydroxylamine groups is 1. The molecule has 1 N–H and O–H groups in total. The molecule has 0 saturated heterocycles. The predicted octanol–water partition coefficient (Wildman–Crippen LogP) is 1.66. The van der Waals surface area contributed by atoms with Gasteiger partial charge >= 0.3 is 0 Å². The summed E-state index contributed by atoms with van der Waals surface area (Å²) in [5.74, 6) is 0.282. The van der Waals surface area contributed by atoms with Gasteiger partial charge in [0.15, 0.2) is 5.78 Å². The van der Waals surface area contributed by atoms with E-state index in [0.29, 0.717) is 6.42 Å². The molecule has 88 valence electrons. The first-order valence-electron chi connectivity index (χ1n) is 4.85. The van der Waals surface area contributed by atoms with Crippen LogP contribution in [0.25, 0.3) is 0 Å². The Bertz CT molecular complexity index is 212. The predicted molar refractivity (Wildman–Crippen MR) is 60.4 cm³/mol. The van der Waals surface area contributed by atoms with E-state index in [0.717, 1.165) is 0 Å². The zero-order valence-electron chi connectivity index (χ0n) is 10.2. The van der Waals surface area contributed by atoms with Crippen molar-refractivity contribution < 1.29 is 14.4 Å². The maximum absolute atomic E-state index is 10.4. The van der Waals surface area contributed by atoms with E-state index in [-0.39, 0.29) is 17.6 Å². The molecule has 0 aromatic carbocycles. The molecule has 0 radical (unpaired) electrons. The van der Waals surface area contributed by atoms with Crippen LogP contribution in [-0.2, 0) is 14.4 Å². The maximum Gasteiger partial charge on any atom is 0.152 e. The van der Waals surface area contributed by atoms with Gasteiger partial charge in [-0.05, 0) is 33.8 Å². The van der Waals surface area contributed by atoms with Crippen molar-refractivity contribution >= 4 is 11.6 Å². The lowest BCUT2D eigenvalue weighted by Crippen LogP contribution is -2.26. The van der Waals surface area contributed by atoms with Crippen molar-refractivity contribution in [1.82, 2.24) is 5.48 Å². The van der Waals surface area contributed by atoms with Gasteiger partial charge in [-0.25, -0.2) is 0 Å². The van der Waals surface area contributed by atoms with E-state index in [9.17, 15) is 9.59 Å². The highest BCUT2D eigenvalue weighted by Gasteiger charge is 2.01. The molecule has 0 aromatic heterocycles. The van der Waals surface area contributed by atoms with Crippen LogP contribution in [0.2, 0.25) is 0 Å². The zero-order chi connectivity index (χ0) is 12.3. The van der Waals surface area contributed by atoms with E-state index in [4.69, 9.17) is 0 Å². The molecule has 0 rings (SSSR count). The van der Waals surface area contributed by atoms with Gasteiger partial charge in [-0.3, -0.25) is 9.59 Å². The van der Waals surface area contributed by atoms with Gasteiger partial charge in [0, 0.05) is 12.5 Å². The fourth-order valence-corrected chi connectivity index (χ4v) is 0.909. The lowest BCUT2D eigenvalue weighted by molar-refractivity contribution is -0.118. The van der Waals surface area contributed by atoms with E-state index in [2.05, 4.69) is 10.3 Å². The summed E-state index contributed by atoms with van der Waals surface area (Å²) in [4.78, 5) is 25.0. The molecule has 0 heterocycles. The van der Waals surface area contributed by atoms with E-state index in [1.165, 1.54) is 20.1 Å². The van der Waals surface area contributed by atoms with Crippen LogP contribution in [0.3, 0.4) is 0 Å². The molecule has 0 bridgehead atoms. The van der Waals surface area contributed by atoms with Crippen LogP contribution < -0.4 is 5.48 Å². The molecule has 0 amide bonds. The number of hydrogen-bond acceptors (Lipinski definition) is 4. The molecule has 0 aliphatic rings. The molecule has 0 aliphatic heterocycles. The van der Waals surface area contributed by atoms with Gasteiger partial charge in [0.2, 0.25) is 0 Å². The standard InChI is InChI=1S/C6H13NO2.C5H8O/c1-5(7-9-3)4-6(2)8;1-3-4-5(2)6/h5,7H,4H2,1-3H3;3-4H,1-2H3/b;4-3+. The molecule has 1 unspecified atom stereocenters. The zero-order valence-corrected chi connectivity index (χ0v) is 10.2. The average molecular weight is 215 g/mol. The highest BCUT2D eigenvalue weighted by molar-refractivity contribution is 5.87. The smallest absolute Gasteiger partial charge is 0.152 e. The van der Waals surface area contributed by atoms with Crippen molar-refractivity contribution in [3.63, 3.8) is 0 Å². The van der Waals surface area contributed by atoms with Gasteiger partial charge in [0.05, 0.1) is 7.11 Å². The van der Waals surface area contributed by atoms with Gasteiger partial charge < -0.3 is 4.84 Å². The Morgan fingerprint density at radius 1 is 1.40 bits per heavy atom. The normalized spacial score (nSPS) is 11.8. The molecule has 0 aromatic rings. The lowest BCUT2D eigenvalue weighted by Gasteiger charge is -2.07. The highest BCUT2D eigenvalue weighted by Crippen LogP contribution is 1.89. The van der Waals surface area contributed by atoms with Gasteiger partial charge in [0.25, 0.3) is 0 Å². The van der Waals surface area contributed by atoms with Gasteiger partial charge in [0.1, 0.15) is 5.78 Å². The van der Waals surface area contributed by atoms with Crippen molar-refractivity contribution in [1.29, 1.82) is 0 Å². The molecule has 4 nitrogen and oxygen atoms in total. The van der Waals surface area contributed by atoms with Crippen LogP contribution in [0.4, 0.5) is 0 Å². The molecular weight excluding hydrogens is 194 g/mol. The Hall–Kier alpha value is -1.00. The molecule has 0 fully saturated rings. The van der Waals surface area contributed by atoms with Crippen LogP contribution in [0.1, 0.15) is 34.1 Å². The molecule has 0 spiro atoms. The van der Waals surface area contributed by atoms with Crippen LogP contribution in [-0.4, -0.2) is 24.7 Å². The molecule has 15 heavy (non-hydrogen) atoms. The van der Waals surface area contributed by atoms with E-state index >= 15 is 0 Å². The quantitative estimate of drug-likeness (QED) is 0.559. The number of carbonyl (C=O) groups is 2. The minimum atomic E-state index is 0.109. The van der Waals surface area contributed by atoms with Crippen molar-refractivity contribution in [2.75, 3.05) is 7.11 Å². The largest absolute Gasteiger partial charge is 0.305 e.